The fraction of sp³-hybridized carbons (Fsp3) is 0.579. The van der Waals surface area contributed by atoms with Crippen LogP contribution in [0.3, 0.4) is 0 Å². The molecule has 0 bridgehead atoms. The first-order chi connectivity index (χ1) is 11.8. The first-order valence-corrected chi connectivity index (χ1v) is 8.84. The topological polar surface area (TPSA) is 52.7 Å². The smallest absolute Gasteiger partial charge is 0.241 e. The molecule has 1 N–H and O–H groups in total. The van der Waals surface area contributed by atoms with Crippen LogP contribution in [0.2, 0.25) is 0 Å². The Morgan fingerprint density at radius 3 is 2.52 bits per heavy atom. The number of anilines is 1. The molecule has 6 heteroatoms. The number of nitrogens with zero attached hydrogens (tertiary/aromatic N) is 2. The molecule has 2 rings (SSSR count). The Balaban J connectivity index is 1.82. The van der Waals surface area contributed by atoms with Gasteiger partial charge in [-0.05, 0) is 57.4 Å². The summed E-state index contributed by atoms with van der Waals surface area (Å²) in [7, 11) is 1.83. The number of hydrogen-bond donors (Lipinski definition) is 1. The highest BCUT2D eigenvalue weighted by atomic mass is 19.1. The molecule has 0 saturated carbocycles. The Labute approximate surface area is 149 Å². The molecule has 5 nitrogen and oxygen atoms in total. The lowest BCUT2D eigenvalue weighted by atomic mass is 9.95. The van der Waals surface area contributed by atoms with Crippen molar-refractivity contribution in [1.29, 1.82) is 0 Å². The molecule has 1 aliphatic rings. The van der Waals surface area contributed by atoms with Crippen molar-refractivity contribution in [3.05, 3.63) is 29.6 Å². The Morgan fingerprint density at radius 1 is 1.32 bits per heavy atom. The van der Waals surface area contributed by atoms with Gasteiger partial charge in [0.15, 0.2) is 0 Å². The van der Waals surface area contributed by atoms with Crippen LogP contribution < -0.4 is 5.32 Å². The van der Waals surface area contributed by atoms with Gasteiger partial charge in [-0.15, -0.1) is 0 Å². The summed E-state index contributed by atoms with van der Waals surface area (Å²) < 4.78 is 13.1. The SMILES string of the molecule is Cc1cc(F)ccc1NCC(=O)N1CCC(C(=O)N(C)C(C)C)CC1. The van der Waals surface area contributed by atoms with E-state index >= 15 is 0 Å². The van der Waals surface area contributed by atoms with Crippen LogP contribution in [0.4, 0.5) is 10.1 Å². The minimum atomic E-state index is -0.285. The fourth-order valence-corrected chi connectivity index (χ4v) is 3.03. The van der Waals surface area contributed by atoms with Gasteiger partial charge in [0.05, 0.1) is 6.54 Å². The van der Waals surface area contributed by atoms with E-state index in [1.807, 2.05) is 20.9 Å². The van der Waals surface area contributed by atoms with Gasteiger partial charge < -0.3 is 15.1 Å². The molecule has 1 heterocycles. The summed E-state index contributed by atoms with van der Waals surface area (Å²) in [6.07, 6.45) is 1.41. The van der Waals surface area contributed by atoms with Crippen molar-refractivity contribution in [2.75, 3.05) is 32.0 Å². The van der Waals surface area contributed by atoms with E-state index in [4.69, 9.17) is 0 Å². The van der Waals surface area contributed by atoms with Crippen molar-refractivity contribution < 1.29 is 14.0 Å². The zero-order chi connectivity index (χ0) is 18.6. The third kappa shape index (κ3) is 4.94. The lowest BCUT2D eigenvalue weighted by Gasteiger charge is -2.34. The second-order valence-electron chi connectivity index (χ2n) is 7.01. The van der Waals surface area contributed by atoms with Gasteiger partial charge in [-0.25, -0.2) is 4.39 Å². The first kappa shape index (κ1) is 19.2. The van der Waals surface area contributed by atoms with Crippen LogP contribution in [0, 0.1) is 18.7 Å². The Morgan fingerprint density at radius 2 is 1.96 bits per heavy atom. The number of carbonyl (C=O) groups excluding carboxylic acids is 2. The summed E-state index contributed by atoms with van der Waals surface area (Å²) in [6, 6.07) is 4.65. The van der Waals surface area contributed by atoms with Gasteiger partial charge in [0, 0.05) is 37.8 Å². The maximum Gasteiger partial charge on any atom is 0.241 e. The number of likely N-dealkylation sites (tertiary alicyclic amines) is 1. The number of hydrogen-bond acceptors (Lipinski definition) is 3. The maximum absolute atomic E-state index is 13.1. The van der Waals surface area contributed by atoms with Crippen molar-refractivity contribution in [3.8, 4) is 0 Å². The minimum Gasteiger partial charge on any atom is -0.376 e. The van der Waals surface area contributed by atoms with Crippen molar-refractivity contribution in [2.24, 2.45) is 5.92 Å². The van der Waals surface area contributed by atoms with Gasteiger partial charge in [0.2, 0.25) is 11.8 Å². The monoisotopic (exact) mass is 349 g/mol. The van der Waals surface area contributed by atoms with Crippen LogP contribution in [0.15, 0.2) is 18.2 Å². The number of carbonyl (C=O) groups is 2. The summed E-state index contributed by atoms with van der Waals surface area (Å²) in [5, 5.41) is 3.07. The number of amides is 2. The van der Waals surface area contributed by atoms with E-state index in [1.54, 1.807) is 22.8 Å². The quantitative estimate of drug-likeness (QED) is 0.889. The van der Waals surface area contributed by atoms with Gasteiger partial charge in [-0.3, -0.25) is 9.59 Å². The average molecular weight is 349 g/mol. The minimum absolute atomic E-state index is 0.00347. The van der Waals surface area contributed by atoms with Crippen LogP contribution in [-0.4, -0.2) is 54.3 Å². The van der Waals surface area contributed by atoms with Gasteiger partial charge >= 0.3 is 0 Å². The number of rotatable bonds is 5. The predicted molar refractivity (Wildman–Crippen MR) is 96.8 cm³/mol. The molecule has 0 aromatic heterocycles. The third-order valence-electron chi connectivity index (χ3n) is 4.94. The standard InChI is InChI=1S/C19H28FN3O2/c1-13(2)22(4)19(25)15-7-9-23(10-8-15)18(24)12-21-17-6-5-16(20)11-14(17)3/h5-6,11,13,15,21H,7-10,12H2,1-4H3. The number of halogens is 1. The van der Waals surface area contributed by atoms with E-state index in [0.29, 0.717) is 25.9 Å². The zero-order valence-electron chi connectivity index (χ0n) is 15.5. The molecule has 1 saturated heterocycles. The van der Waals surface area contributed by atoms with Crippen LogP contribution >= 0.6 is 0 Å². The maximum atomic E-state index is 13.1. The molecule has 25 heavy (non-hydrogen) atoms. The average Bonchev–Trinajstić information content (AvgIpc) is 2.59. The highest BCUT2D eigenvalue weighted by Crippen LogP contribution is 2.21. The molecule has 2 amide bonds. The van der Waals surface area contributed by atoms with E-state index in [9.17, 15) is 14.0 Å². The Hall–Kier alpha value is -2.11. The van der Waals surface area contributed by atoms with Gasteiger partial charge in [0.25, 0.3) is 0 Å². The molecule has 0 atom stereocenters. The molecule has 1 fully saturated rings. The van der Waals surface area contributed by atoms with Gasteiger partial charge in [-0.2, -0.15) is 0 Å². The summed E-state index contributed by atoms with van der Waals surface area (Å²) >= 11 is 0. The normalized spacial score (nSPS) is 15.4. The molecule has 0 spiro atoms. The number of piperidine rings is 1. The largest absolute Gasteiger partial charge is 0.376 e. The molecule has 1 aliphatic heterocycles. The molecule has 1 aromatic rings. The van der Waals surface area contributed by atoms with E-state index in [-0.39, 0.29) is 36.1 Å². The molecule has 138 valence electrons. The Bertz CT molecular complexity index is 625. The zero-order valence-corrected chi connectivity index (χ0v) is 15.5. The lowest BCUT2D eigenvalue weighted by molar-refractivity contribution is -0.140. The third-order valence-corrected chi connectivity index (χ3v) is 4.94. The summed E-state index contributed by atoms with van der Waals surface area (Å²) in [5.41, 5.74) is 1.53. The molecule has 0 unspecified atom stereocenters. The fourth-order valence-electron chi connectivity index (χ4n) is 3.03. The summed E-state index contributed by atoms with van der Waals surface area (Å²) in [4.78, 5) is 28.3. The number of nitrogens with one attached hydrogen (secondary N) is 1. The van der Waals surface area contributed by atoms with E-state index in [1.165, 1.54) is 12.1 Å². The van der Waals surface area contributed by atoms with E-state index < -0.39 is 0 Å². The molecule has 0 radical (unpaired) electrons. The number of aryl methyl sites for hydroxylation is 1. The molecular formula is C19H28FN3O2. The molecular weight excluding hydrogens is 321 g/mol. The molecule has 1 aromatic carbocycles. The highest BCUT2D eigenvalue weighted by Gasteiger charge is 2.29. The van der Waals surface area contributed by atoms with Gasteiger partial charge in [0.1, 0.15) is 5.82 Å². The van der Waals surface area contributed by atoms with Crippen LogP contribution in [0.1, 0.15) is 32.3 Å². The second kappa shape index (κ2) is 8.32. The number of benzene rings is 1. The van der Waals surface area contributed by atoms with Crippen LogP contribution in [0.5, 0.6) is 0 Å². The van der Waals surface area contributed by atoms with Crippen molar-refractivity contribution in [1.82, 2.24) is 9.80 Å². The van der Waals surface area contributed by atoms with Crippen molar-refractivity contribution in [3.63, 3.8) is 0 Å². The summed E-state index contributed by atoms with van der Waals surface area (Å²) in [6.45, 7) is 7.19. The van der Waals surface area contributed by atoms with E-state index in [0.717, 1.165) is 11.3 Å². The Kier molecular flexibility index (Phi) is 6.39. The first-order valence-electron chi connectivity index (χ1n) is 8.84. The predicted octanol–water partition coefficient (Wildman–Crippen LogP) is 2.65. The van der Waals surface area contributed by atoms with Gasteiger partial charge in [-0.1, -0.05) is 0 Å². The van der Waals surface area contributed by atoms with Crippen LogP contribution in [-0.2, 0) is 9.59 Å². The van der Waals surface area contributed by atoms with E-state index in [2.05, 4.69) is 5.32 Å². The summed E-state index contributed by atoms with van der Waals surface area (Å²) in [5.74, 6) is -0.106. The van der Waals surface area contributed by atoms with Crippen molar-refractivity contribution >= 4 is 17.5 Å². The second-order valence-corrected chi connectivity index (χ2v) is 7.01. The van der Waals surface area contributed by atoms with Crippen LogP contribution in [0.25, 0.3) is 0 Å². The lowest BCUT2D eigenvalue weighted by Crippen LogP contribution is -2.46. The van der Waals surface area contributed by atoms with Crippen molar-refractivity contribution in [2.45, 2.75) is 39.7 Å². The highest BCUT2D eigenvalue weighted by molar-refractivity contribution is 5.82. The molecule has 0 aliphatic carbocycles.